The number of fused-ring (bicyclic) bond motifs is 6. The number of hydrogen-bond acceptors (Lipinski definition) is 6. The number of anilines is 3. The van der Waals surface area contributed by atoms with E-state index in [4.69, 9.17) is 25.8 Å². The second kappa shape index (κ2) is 9.86. The van der Waals surface area contributed by atoms with Crippen LogP contribution in [-0.4, -0.2) is 25.7 Å². The van der Waals surface area contributed by atoms with Crippen LogP contribution >= 0.6 is 11.6 Å². The molecule has 2 heterocycles. The SMILES string of the molecule is CCOc1cc2c(cc1Nc1ccc(Cl)cc1)C1(OC(=O)c3ccccc31)c1ccc(N(CC)CC)cc1O2. The molecule has 2 aliphatic heterocycles. The maximum atomic E-state index is 13.3. The van der Waals surface area contributed by atoms with Gasteiger partial charge in [-0.15, -0.1) is 0 Å². The summed E-state index contributed by atoms with van der Waals surface area (Å²) in [5, 5.41) is 4.10. The topological polar surface area (TPSA) is 60.0 Å². The quantitative estimate of drug-likeness (QED) is 0.240. The molecule has 4 aromatic rings. The van der Waals surface area contributed by atoms with Crippen LogP contribution in [0.1, 0.15) is 47.8 Å². The van der Waals surface area contributed by atoms with E-state index in [0.717, 1.165) is 46.8 Å². The van der Waals surface area contributed by atoms with Gasteiger partial charge in [0.2, 0.25) is 0 Å². The van der Waals surface area contributed by atoms with E-state index in [1.165, 1.54) is 0 Å². The van der Waals surface area contributed by atoms with E-state index in [-0.39, 0.29) is 5.97 Å². The standard InChI is InChI=1S/C32H29ClN2O4/c1-4-35(5-2)22-15-16-25-28(17-22)38-29-19-30(37-6-3)27(34-21-13-11-20(33)12-14-21)18-26(29)32(25)24-10-8-7-9-23(24)31(36)39-32/h7-19,34H,4-6H2,1-3H3. The normalized spacial score (nSPS) is 16.6. The molecule has 0 saturated heterocycles. The van der Waals surface area contributed by atoms with E-state index in [2.05, 4.69) is 30.1 Å². The van der Waals surface area contributed by atoms with E-state index in [9.17, 15) is 4.79 Å². The van der Waals surface area contributed by atoms with Crippen LogP contribution in [0.15, 0.2) is 78.9 Å². The van der Waals surface area contributed by atoms with Gasteiger partial charge in [0, 0.05) is 58.3 Å². The molecule has 4 aromatic carbocycles. The molecule has 2 aliphatic rings. The Morgan fingerprint density at radius 2 is 1.62 bits per heavy atom. The highest BCUT2D eigenvalue weighted by atomic mass is 35.5. The summed E-state index contributed by atoms with van der Waals surface area (Å²) in [5.41, 5.74) is 4.29. The fraction of sp³-hybridized carbons (Fsp3) is 0.219. The molecular weight excluding hydrogens is 512 g/mol. The van der Waals surface area contributed by atoms with Gasteiger partial charge in [-0.3, -0.25) is 0 Å². The molecule has 198 valence electrons. The summed E-state index contributed by atoms with van der Waals surface area (Å²) in [6.45, 7) is 8.39. The zero-order chi connectivity index (χ0) is 27.1. The maximum absolute atomic E-state index is 13.3. The Morgan fingerprint density at radius 3 is 2.36 bits per heavy atom. The highest BCUT2D eigenvalue weighted by Crippen LogP contribution is 2.58. The number of ether oxygens (including phenoxy) is 3. The van der Waals surface area contributed by atoms with Crippen LogP contribution in [0.3, 0.4) is 0 Å². The Hall–Kier alpha value is -4.16. The first-order valence-electron chi connectivity index (χ1n) is 13.2. The molecule has 39 heavy (non-hydrogen) atoms. The molecule has 0 radical (unpaired) electrons. The molecule has 1 spiro atoms. The fourth-order valence-corrected chi connectivity index (χ4v) is 5.66. The van der Waals surface area contributed by atoms with Gasteiger partial charge in [0.1, 0.15) is 17.2 Å². The number of halogens is 1. The second-order valence-corrected chi connectivity index (χ2v) is 9.92. The van der Waals surface area contributed by atoms with Gasteiger partial charge >= 0.3 is 5.97 Å². The minimum Gasteiger partial charge on any atom is -0.492 e. The summed E-state index contributed by atoms with van der Waals surface area (Å²) < 4.78 is 19.0. The molecule has 6 nitrogen and oxygen atoms in total. The van der Waals surface area contributed by atoms with E-state index >= 15 is 0 Å². The highest BCUT2D eigenvalue weighted by molar-refractivity contribution is 6.30. The van der Waals surface area contributed by atoms with Crippen LogP contribution in [0, 0.1) is 0 Å². The van der Waals surface area contributed by atoms with Crippen LogP contribution in [0.4, 0.5) is 17.1 Å². The summed E-state index contributed by atoms with van der Waals surface area (Å²) in [6.07, 6.45) is 0. The lowest BCUT2D eigenvalue weighted by molar-refractivity contribution is 0.0224. The van der Waals surface area contributed by atoms with Gasteiger partial charge in [0.15, 0.2) is 5.60 Å². The predicted octanol–water partition coefficient (Wildman–Crippen LogP) is 7.90. The average Bonchev–Trinajstić information content (AvgIpc) is 3.24. The minimum absolute atomic E-state index is 0.363. The monoisotopic (exact) mass is 540 g/mol. The number of nitrogens with one attached hydrogen (secondary N) is 1. The molecular formula is C32H29ClN2O4. The van der Waals surface area contributed by atoms with E-state index in [1.807, 2.05) is 79.7 Å². The van der Waals surface area contributed by atoms with Gasteiger partial charge in [-0.25, -0.2) is 4.79 Å². The zero-order valence-corrected chi connectivity index (χ0v) is 22.8. The van der Waals surface area contributed by atoms with Gasteiger partial charge in [0.05, 0.1) is 17.9 Å². The number of nitrogens with zero attached hydrogens (tertiary/aromatic N) is 1. The lowest BCUT2D eigenvalue weighted by atomic mass is 9.77. The van der Waals surface area contributed by atoms with Gasteiger partial charge in [-0.1, -0.05) is 29.8 Å². The third kappa shape index (κ3) is 4.07. The van der Waals surface area contributed by atoms with Gasteiger partial charge in [-0.05, 0) is 69.3 Å². The van der Waals surface area contributed by atoms with Crippen molar-refractivity contribution in [1.29, 1.82) is 0 Å². The fourth-order valence-electron chi connectivity index (χ4n) is 5.53. The van der Waals surface area contributed by atoms with Crippen molar-refractivity contribution in [2.45, 2.75) is 26.4 Å². The molecule has 0 aromatic heterocycles. The average molecular weight is 541 g/mol. The van der Waals surface area contributed by atoms with Crippen molar-refractivity contribution < 1.29 is 19.0 Å². The Bertz CT molecular complexity index is 1570. The molecule has 6 rings (SSSR count). The van der Waals surface area contributed by atoms with Crippen molar-refractivity contribution in [2.24, 2.45) is 0 Å². The van der Waals surface area contributed by atoms with E-state index in [1.54, 1.807) is 0 Å². The van der Waals surface area contributed by atoms with Crippen LogP contribution in [-0.2, 0) is 10.3 Å². The summed E-state index contributed by atoms with van der Waals surface area (Å²) in [6, 6.07) is 25.0. The van der Waals surface area contributed by atoms with Crippen molar-refractivity contribution in [2.75, 3.05) is 29.9 Å². The summed E-state index contributed by atoms with van der Waals surface area (Å²) in [5.74, 6) is 1.49. The summed E-state index contributed by atoms with van der Waals surface area (Å²) >= 11 is 6.11. The van der Waals surface area contributed by atoms with Crippen molar-refractivity contribution >= 4 is 34.6 Å². The predicted molar refractivity (Wildman–Crippen MR) is 154 cm³/mol. The zero-order valence-electron chi connectivity index (χ0n) is 22.1. The number of carbonyl (C=O) groups excluding carboxylic acids is 1. The highest BCUT2D eigenvalue weighted by Gasteiger charge is 2.53. The molecule has 0 fully saturated rings. The molecule has 1 unspecified atom stereocenters. The molecule has 1 N–H and O–H groups in total. The molecule has 1 atom stereocenters. The number of carbonyl (C=O) groups is 1. The third-order valence-corrected chi connectivity index (χ3v) is 7.60. The van der Waals surface area contributed by atoms with Crippen LogP contribution in [0.5, 0.6) is 17.2 Å². The van der Waals surface area contributed by atoms with E-state index in [0.29, 0.717) is 34.4 Å². The Balaban J connectivity index is 1.58. The first-order chi connectivity index (χ1) is 19.0. The molecule has 7 heteroatoms. The van der Waals surface area contributed by atoms with Crippen molar-refractivity contribution in [3.63, 3.8) is 0 Å². The number of benzene rings is 4. The molecule has 0 amide bonds. The van der Waals surface area contributed by atoms with Crippen molar-refractivity contribution in [3.8, 4) is 17.2 Å². The van der Waals surface area contributed by atoms with Crippen LogP contribution in [0.25, 0.3) is 0 Å². The van der Waals surface area contributed by atoms with E-state index < -0.39 is 5.60 Å². The largest absolute Gasteiger partial charge is 0.492 e. The lowest BCUT2D eigenvalue weighted by Crippen LogP contribution is -2.33. The van der Waals surface area contributed by atoms with Gasteiger partial charge < -0.3 is 24.4 Å². The summed E-state index contributed by atoms with van der Waals surface area (Å²) in [7, 11) is 0. The molecule has 0 aliphatic carbocycles. The van der Waals surface area contributed by atoms with Crippen LogP contribution in [0.2, 0.25) is 5.02 Å². The lowest BCUT2D eigenvalue weighted by Gasteiger charge is -2.37. The summed E-state index contributed by atoms with van der Waals surface area (Å²) in [4.78, 5) is 15.5. The van der Waals surface area contributed by atoms with Crippen molar-refractivity contribution in [1.82, 2.24) is 0 Å². The Kier molecular flexibility index (Phi) is 6.35. The van der Waals surface area contributed by atoms with Crippen molar-refractivity contribution in [3.05, 3.63) is 106 Å². The minimum atomic E-state index is -1.17. The maximum Gasteiger partial charge on any atom is 0.340 e. The Morgan fingerprint density at radius 1 is 0.872 bits per heavy atom. The van der Waals surface area contributed by atoms with Gasteiger partial charge in [0.25, 0.3) is 0 Å². The van der Waals surface area contributed by atoms with Gasteiger partial charge in [-0.2, -0.15) is 0 Å². The first-order valence-corrected chi connectivity index (χ1v) is 13.6. The smallest absolute Gasteiger partial charge is 0.340 e. The number of hydrogen-bond donors (Lipinski definition) is 1. The molecule has 0 saturated carbocycles. The Labute approximate surface area is 233 Å². The number of rotatable bonds is 7. The number of esters is 1. The van der Waals surface area contributed by atoms with Crippen LogP contribution < -0.4 is 19.7 Å². The first kappa shape index (κ1) is 25.1. The second-order valence-electron chi connectivity index (χ2n) is 9.48. The third-order valence-electron chi connectivity index (χ3n) is 7.35. The molecule has 0 bridgehead atoms.